The van der Waals surface area contributed by atoms with Crippen LogP contribution in [0.3, 0.4) is 0 Å². The van der Waals surface area contributed by atoms with Gasteiger partial charge in [0.2, 0.25) is 10.0 Å². The summed E-state index contributed by atoms with van der Waals surface area (Å²) in [5, 5.41) is 3.33. The van der Waals surface area contributed by atoms with Crippen LogP contribution in [0.4, 0.5) is 5.00 Å². The molecule has 1 amide bonds. The van der Waals surface area contributed by atoms with Crippen molar-refractivity contribution in [1.82, 2.24) is 9.21 Å². The third-order valence-electron chi connectivity index (χ3n) is 6.82. The van der Waals surface area contributed by atoms with Gasteiger partial charge in [0.15, 0.2) is 0 Å². The molecule has 1 saturated heterocycles. The molecule has 2 aliphatic rings. The molecule has 1 N–H and O–H groups in total. The number of ether oxygens (including phenoxy) is 1. The first-order valence-corrected chi connectivity index (χ1v) is 14.5. The first-order chi connectivity index (χ1) is 17.9. The van der Waals surface area contributed by atoms with Crippen molar-refractivity contribution in [3.8, 4) is 0 Å². The largest absolute Gasteiger partial charge is 0.465 e. The smallest absolute Gasteiger partial charge is 0.341 e. The molecule has 2 aliphatic heterocycles. The number of anilines is 1. The molecule has 0 spiro atoms. The van der Waals surface area contributed by atoms with Crippen LogP contribution in [0.2, 0.25) is 0 Å². The number of thiophene rings is 1. The number of fused-ring (bicyclic) bond motifs is 1. The van der Waals surface area contributed by atoms with E-state index in [1.54, 1.807) is 0 Å². The Labute approximate surface area is 220 Å². The minimum atomic E-state index is -3.55. The number of nitrogens with one attached hydrogen (secondary N) is 1. The number of sulfonamides is 1. The van der Waals surface area contributed by atoms with E-state index in [1.165, 1.54) is 52.6 Å². The lowest BCUT2D eigenvalue weighted by molar-refractivity contribution is 0.0600. The van der Waals surface area contributed by atoms with Gasteiger partial charge < -0.3 is 10.1 Å². The van der Waals surface area contributed by atoms with Crippen molar-refractivity contribution < 1.29 is 22.7 Å². The summed E-state index contributed by atoms with van der Waals surface area (Å²) < 4.78 is 32.1. The lowest BCUT2D eigenvalue weighted by Crippen LogP contribution is -2.29. The molecule has 1 aromatic heterocycles. The first kappa shape index (κ1) is 25.6. The normalized spacial score (nSPS) is 16.4. The molecule has 194 valence electrons. The Morgan fingerprint density at radius 2 is 1.70 bits per heavy atom. The quantitative estimate of drug-likeness (QED) is 0.454. The molecule has 0 unspecified atom stereocenters. The molecule has 0 atom stereocenters. The minimum absolute atomic E-state index is 0.172. The fraction of sp³-hybridized carbons (Fsp3) is 0.333. The summed E-state index contributed by atoms with van der Waals surface area (Å²) in [4.78, 5) is 29.3. The van der Waals surface area contributed by atoms with Gasteiger partial charge in [-0.05, 0) is 54.7 Å². The molecule has 0 radical (unpaired) electrons. The van der Waals surface area contributed by atoms with Gasteiger partial charge in [-0.2, -0.15) is 4.31 Å². The minimum Gasteiger partial charge on any atom is -0.465 e. The number of hydrogen-bond donors (Lipinski definition) is 1. The average molecular weight is 540 g/mol. The van der Waals surface area contributed by atoms with Crippen LogP contribution >= 0.6 is 11.3 Å². The topological polar surface area (TPSA) is 96.0 Å². The van der Waals surface area contributed by atoms with Crippen LogP contribution in [0.25, 0.3) is 0 Å². The fourth-order valence-corrected chi connectivity index (χ4v) is 7.66. The molecule has 0 bridgehead atoms. The van der Waals surface area contributed by atoms with Crippen molar-refractivity contribution in [3.05, 3.63) is 81.7 Å². The number of benzene rings is 2. The summed E-state index contributed by atoms with van der Waals surface area (Å²) in [5.41, 5.74) is 2.86. The van der Waals surface area contributed by atoms with Crippen molar-refractivity contribution in [2.45, 2.75) is 37.2 Å². The molecule has 3 aromatic rings. The third kappa shape index (κ3) is 5.33. The van der Waals surface area contributed by atoms with Crippen LogP contribution in [-0.4, -0.2) is 56.2 Å². The fourth-order valence-electron chi connectivity index (χ4n) is 4.87. The highest BCUT2D eigenvalue weighted by atomic mass is 32.2. The second kappa shape index (κ2) is 10.7. The number of nitrogens with zero attached hydrogens (tertiary/aromatic N) is 2. The van der Waals surface area contributed by atoms with Gasteiger partial charge >= 0.3 is 5.97 Å². The molecule has 37 heavy (non-hydrogen) atoms. The van der Waals surface area contributed by atoms with E-state index in [4.69, 9.17) is 4.74 Å². The zero-order valence-electron chi connectivity index (χ0n) is 20.6. The predicted molar refractivity (Wildman–Crippen MR) is 142 cm³/mol. The third-order valence-corrected chi connectivity index (χ3v) is 9.87. The summed E-state index contributed by atoms with van der Waals surface area (Å²) in [5.74, 6) is -0.883. The van der Waals surface area contributed by atoms with E-state index in [0.29, 0.717) is 42.2 Å². The zero-order valence-corrected chi connectivity index (χ0v) is 22.2. The maximum absolute atomic E-state index is 13.1. The number of rotatable bonds is 7. The highest BCUT2D eigenvalue weighted by Crippen LogP contribution is 2.38. The van der Waals surface area contributed by atoms with Crippen LogP contribution in [0.5, 0.6) is 0 Å². The van der Waals surface area contributed by atoms with Gasteiger partial charge in [0, 0.05) is 43.2 Å². The van der Waals surface area contributed by atoms with Crippen molar-refractivity contribution in [2.75, 3.05) is 32.1 Å². The number of methoxy groups -OCH3 is 1. The van der Waals surface area contributed by atoms with E-state index in [1.807, 2.05) is 18.2 Å². The molecule has 0 aliphatic carbocycles. The van der Waals surface area contributed by atoms with Gasteiger partial charge in [-0.25, -0.2) is 13.2 Å². The monoisotopic (exact) mass is 539 g/mol. The summed E-state index contributed by atoms with van der Waals surface area (Å²) >= 11 is 1.39. The number of esters is 1. The Morgan fingerprint density at radius 3 is 2.38 bits per heavy atom. The zero-order chi connectivity index (χ0) is 26.0. The average Bonchev–Trinajstić information content (AvgIpc) is 3.57. The van der Waals surface area contributed by atoms with Gasteiger partial charge in [0.25, 0.3) is 5.91 Å². The summed E-state index contributed by atoms with van der Waals surface area (Å²) in [6, 6.07) is 16.2. The molecule has 1 fully saturated rings. The van der Waals surface area contributed by atoms with Crippen molar-refractivity contribution in [1.29, 1.82) is 0 Å². The van der Waals surface area contributed by atoms with Crippen molar-refractivity contribution >= 4 is 38.2 Å². The molecular formula is C27H29N3O5S2. The van der Waals surface area contributed by atoms with Crippen LogP contribution in [0.1, 0.15) is 49.6 Å². The van der Waals surface area contributed by atoms with E-state index in [2.05, 4.69) is 22.3 Å². The Morgan fingerprint density at radius 1 is 1.00 bits per heavy atom. The lowest BCUT2D eigenvalue weighted by Gasteiger charge is -2.27. The van der Waals surface area contributed by atoms with Gasteiger partial charge in [-0.3, -0.25) is 9.69 Å². The van der Waals surface area contributed by atoms with Crippen molar-refractivity contribution in [2.24, 2.45) is 0 Å². The first-order valence-electron chi connectivity index (χ1n) is 12.3. The lowest BCUT2D eigenvalue weighted by atomic mass is 10.0. The predicted octanol–water partition coefficient (Wildman–Crippen LogP) is 4.13. The van der Waals surface area contributed by atoms with Gasteiger partial charge in [0.1, 0.15) is 5.00 Å². The Bertz CT molecular complexity index is 1400. The van der Waals surface area contributed by atoms with E-state index in [0.717, 1.165) is 36.4 Å². The van der Waals surface area contributed by atoms with Crippen LogP contribution in [-0.2, 0) is 34.3 Å². The maximum atomic E-state index is 13.1. The molecule has 0 saturated carbocycles. The van der Waals surface area contributed by atoms with E-state index < -0.39 is 21.9 Å². The molecule has 2 aromatic carbocycles. The Balaban J connectivity index is 1.34. The van der Waals surface area contributed by atoms with Crippen LogP contribution < -0.4 is 5.32 Å². The van der Waals surface area contributed by atoms with E-state index in [9.17, 15) is 18.0 Å². The summed E-state index contributed by atoms with van der Waals surface area (Å²) in [6.45, 7) is 3.32. The van der Waals surface area contributed by atoms with Gasteiger partial charge in [-0.1, -0.05) is 30.3 Å². The standard InChI is InChI=1S/C27H29N3O5S2/c1-35-27(32)24-22-13-16-29(17-19-7-3-2-4-8-19)18-23(22)36-26(24)28-25(31)20-9-11-21(12-10-20)37(33,34)30-14-5-6-15-30/h2-4,7-12H,5-6,13-18H2,1H3,(H,28,31). The highest BCUT2D eigenvalue weighted by Gasteiger charge is 2.30. The van der Waals surface area contributed by atoms with Crippen LogP contribution in [0.15, 0.2) is 59.5 Å². The maximum Gasteiger partial charge on any atom is 0.341 e. The molecule has 10 heteroatoms. The van der Waals surface area contributed by atoms with Gasteiger partial charge in [0.05, 0.1) is 17.6 Å². The van der Waals surface area contributed by atoms with E-state index in [-0.39, 0.29) is 4.90 Å². The second-order valence-corrected chi connectivity index (χ2v) is 12.3. The molecule has 3 heterocycles. The number of carbonyl (C=O) groups excluding carboxylic acids is 2. The second-order valence-electron chi connectivity index (χ2n) is 9.24. The van der Waals surface area contributed by atoms with E-state index >= 15 is 0 Å². The van der Waals surface area contributed by atoms with Gasteiger partial charge in [-0.15, -0.1) is 11.3 Å². The SMILES string of the molecule is COC(=O)c1c(NC(=O)c2ccc(S(=O)(=O)N3CCCC3)cc2)sc2c1CCN(Cc1ccccc1)C2. The number of hydrogen-bond acceptors (Lipinski definition) is 7. The summed E-state index contributed by atoms with van der Waals surface area (Å²) in [7, 11) is -2.22. The molecular weight excluding hydrogens is 510 g/mol. The van der Waals surface area contributed by atoms with Crippen molar-refractivity contribution in [3.63, 3.8) is 0 Å². The Kier molecular flexibility index (Phi) is 7.43. The number of carbonyl (C=O) groups is 2. The summed E-state index contributed by atoms with van der Waals surface area (Å²) in [6.07, 6.45) is 2.40. The Hall–Kier alpha value is -3.05. The highest BCUT2D eigenvalue weighted by molar-refractivity contribution is 7.89. The van der Waals surface area contributed by atoms with Crippen LogP contribution in [0, 0.1) is 0 Å². The molecule has 5 rings (SSSR count). The molecule has 8 nitrogen and oxygen atoms in total. The number of amides is 1.